The van der Waals surface area contributed by atoms with Crippen LogP contribution in [0.25, 0.3) is 11.6 Å². The third kappa shape index (κ3) is 4.00. The minimum atomic E-state index is -0.408. The molecule has 4 rings (SSSR count). The zero-order valence-corrected chi connectivity index (χ0v) is 14.9. The predicted molar refractivity (Wildman–Crippen MR) is 94.9 cm³/mol. The first-order chi connectivity index (χ1) is 13.7. The van der Waals surface area contributed by atoms with Crippen molar-refractivity contribution >= 4 is 11.8 Å². The molecule has 1 N–H and O–H groups in total. The van der Waals surface area contributed by atoms with Gasteiger partial charge in [-0.05, 0) is 23.8 Å². The molecule has 1 saturated heterocycles. The molecule has 3 aromatic heterocycles. The lowest BCUT2D eigenvalue weighted by atomic mass is 10.1. The van der Waals surface area contributed by atoms with Crippen LogP contribution in [0.3, 0.4) is 0 Å². The number of hydrogen-bond donors (Lipinski definition) is 1. The molecule has 3 aromatic rings. The number of carbonyl (C=O) groups excluding carboxylic acids is 2. The monoisotopic (exact) mass is 379 g/mol. The fraction of sp³-hybridized carbons (Fsp3) is 0.278. The molecule has 0 bridgehead atoms. The van der Waals surface area contributed by atoms with E-state index in [2.05, 4.69) is 30.4 Å². The van der Waals surface area contributed by atoms with Crippen molar-refractivity contribution in [1.29, 1.82) is 0 Å². The first-order valence-corrected chi connectivity index (χ1v) is 8.73. The quantitative estimate of drug-likeness (QED) is 0.659. The van der Waals surface area contributed by atoms with Gasteiger partial charge in [0, 0.05) is 44.3 Å². The van der Waals surface area contributed by atoms with Crippen molar-refractivity contribution in [2.75, 3.05) is 6.54 Å². The van der Waals surface area contributed by atoms with Gasteiger partial charge in [0.05, 0.1) is 12.5 Å². The normalized spacial score (nSPS) is 16.4. The summed E-state index contributed by atoms with van der Waals surface area (Å²) in [7, 11) is 0. The van der Waals surface area contributed by atoms with Gasteiger partial charge in [-0.2, -0.15) is 4.98 Å². The summed E-state index contributed by atoms with van der Waals surface area (Å²) in [6.07, 6.45) is 6.70. The number of aromatic nitrogens is 5. The van der Waals surface area contributed by atoms with Crippen LogP contribution >= 0.6 is 0 Å². The molecule has 1 aliphatic heterocycles. The molecule has 1 aliphatic rings. The Morgan fingerprint density at radius 3 is 2.75 bits per heavy atom. The number of nitrogens with zero attached hydrogens (tertiary/aromatic N) is 6. The highest BCUT2D eigenvalue weighted by atomic mass is 16.5. The van der Waals surface area contributed by atoms with Crippen molar-refractivity contribution in [2.45, 2.75) is 19.5 Å². The molecule has 4 heterocycles. The van der Waals surface area contributed by atoms with Crippen LogP contribution in [0, 0.1) is 5.92 Å². The van der Waals surface area contributed by atoms with E-state index >= 15 is 0 Å². The van der Waals surface area contributed by atoms with Gasteiger partial charge in [-0.1, -0.05) is 5.16 Å². The summed E-state index contributed by atoms with van der Waals surface area (Å²) in [6, 6.07) is 5.39. The largest absolute Gasteiger partial charge is 0.347 e. The maximum atomic E-state index is 12.4. The third-order valence-corrected chi connectivity index (χ3v) is 4.36. The zero-order valence-electron chi connectivity index (χ0n) is 14.9. The van der Waals surface area contributed by atoms with Crippen molar-refractivity contribution < 1.29 is 14.1 Å². The molecule has 0 radical (unpaired) electrons. The molecule has 28 heavy (non-hydrogen) atoms. The Kier molecular flexibility index (Phi) is 5.00. The third-order valence-electron chi connectivity index (χ3n) is 4.36. The van der Waals surface area contributed by atoms with Gasteiger partial charge in [-0.25, -0.2) is 9.97 Å². The van der Waals surface area contributed by atoms with E-state index in [1.807, 2.05) is 12.1 Å². The highest BCUT2D eigenvalue weighted by Crippen LogP contribution is 2.20. The Balaban J connectivity index is 1.31. The molecule has 1 fully saturated rings. The van der Waals surface area contributed by atoms with Gasteiger partial charge in [0.15, 0.2) is 0 Å². The average Bonchev–Trinajstić information content (AvgIpc) is 3.35. The van der Waals surface area contributed by atoms with E-state index in [0.717, 1.165) is 5.56 Å². The van der Waals surface area contributed by atoms with Crippen molar-refractivity contribution in [1.82, 2.24) is 35.3 Å². The van der Waals surface area contributed by atoms with Crippen LogP contribution in [0.1, 0.15) is 17.9 Å². The highest BCUT2D eigenvalue weighted by molar-refractivity contribution is 5.89. The smallest absolute Gasteiger partial charge is 0.246 e. The lowest BCUT2D eigenvalue weighted by Gasteiger charge is -2.16. The number of carbonyl (C=O) groups is 2. The van der Waals surface area contributed by atoms with Crippen LogP contribution in [0.4, 0.5) is 0 Å². The minimum Gasteiger partial charge on any atom is -0.347 e. The number of amides is 2. The molecule has 10 nitrogen and oxygen atoms in total. The zero-order chi connectivity index (χ0) is 19.3. The molecule has 1 atom stereocenters. The van der Waals surface area contributed by atoms with E-state index in [4.69, 9.17) is 4.52 Å². The lowest BCUT2D eigenvalue weighted by molar-refractivity contribution is -0.129. The standard InChI is InChI=1S/C18H17N7O3/c26-15-8-13(11-25(15)10-12-2-6-19-7-3-12)18(27)22-9-14-23-17(24-28-14)16-20-4-1-5-21-16/h1-7,13H,8-11H2,(H,22,27)/t13-/m0/s1. The van der Waals surface area contributed by atoms with E-state index in [9.17, 15) is 9.59 Å². The summed E-state index contributed by atoms with van der Waals surface area (Å²) in [4.78, 5) is 42.5. The van der Waals surface area contributed by atoms with E-state index in [1.54, 1.807) is 35.8 Å². The minimum absolute atomic E-state index is 0.0433. The maximum Gasteiger partial charge on any atom is 0.246 e. The van der Waals surface area contributed by atoms with Gasteiger partial charge in [-0.15, -0.1) is 0 Å². The Labute approximate surface area is 160 Å². The second kappa shape index (κ2) is 7.91. The number of pyridine rings is 1. The Morgan fingerprint density at radius 1 is 1.18 bits per heavy atom. The van der Waals surface area contributed by atoms with E-state index < -0.39 is 5.92 Å². The summed E-state index contributed by atoms with van der Waals surface area (Å²) in [6.45, 7) is 0.920. The Morgan fingerprint density at radius 2 is 1.96 bits per heavy atom. The summed E-state index contributed by atoms with van der Waals surface area (Å²) in [5, 5.41) is 6.55. The van der Waals surface area contributed by atoms with Crippen LogP contribution in [0.5, 0.6) is 0 Å². The van der Waals surface area contributed by atoms with Gasteiger partial charge >= 0.3 is 0 Å². The SMILES string of the molecule is O=C(NCc1nc(-c2ncccn2)no1)[C@H]1CC(=O)N(Cc2ccncc2)C1. The topological polar surface area (TPSA) is 127 Å². The van der Waals surface area contributed by atoms with Crippen LogP contribution in [0.2, 0.25) is 0 Å². The summed E-state index contributed by atoms with van der Waals surface area (Å²) < 4.78 is 5.11. The molecular weight excluding hydrogens is 362 g/mol. The predicted octanol–water partition coefficient (Wildman–Crippen LogP) is 0.586. The van der Waals surface area contributed by atoms with Crippen LogP contribution in [0.15, 0.2) is 47.5 Å². The lowest BCUT2D eigenvalue weighted by Crippen LogP contribution is -2.32. The Hall–Kier alpha value is -3.69. The number of likely N-dealkylation sites (tertiary alicyclic amines) is 1. The first kappa shape index (κ1) is 17.7. The molecule has 142 valence electrons. The summed E-state index contributed by atoms with van der Waals surface area (Å²) >= 11 is 0. The molecule has 10 heteroatoms. The molecule has 0 saturated carbocycles. The maximum absolute atomic E-state index is 12.4. The molecule has 0 aliphatic carbocycles. The molecule has 2 amide bonds. The first-order valence-electron chi connectivity index (χ1n) is 8.73. The van der Waals surface area contributed by atoms with Crippen molar-refractivity contribution in [3.63, 3.8) is 0 Å². The highest BCUT2D eigenvalue weighted by Gasteiger charge is 2.34. The number of hydrogen-bond acceptors (Lipinski definition) is 8. The summed E-state index contributed by atoms with van der Waals surface area (Å²) in [5.74, 6) is 0.170. The summed E-state index contributed by atoms with van der Waals surface area (Å²) in [5.41, 5.74) is 0.978. The van der Waals surface area contributed by atoms with Crippen molar-refractivity contribution in [3.05, 3.63) is 54.4 Å². The van der Waals surface area contributed by atoms with Gasteiger partial charge in [0.2, 0.25) is 29.4 Å². The van der Waals surface area contributed by atoms with E-state index in [-0.39, 0.29) is 36.5 Å². The molecular formula is C18H17N7O3. The average molecular weight is 379 g/mol. The van der Waals surface area contributed by atoms with Gasteiger partial charge in [-0.3, -0.25) is 14.6 Å². The van der Waals surface area contributed by atoms with E-state index in [1.165, 1.54) is 0 Å². The Bertz CT molecular complexity index is 962. The van der Waals surface area contributed by atoms with Crippen LogP contribution in [-0.4, -0.2) is 48.4 Å². The van der Waals surface area contributed by atoms with Gasteiger partial charge in [0.1, 0.15) is 0 Å². The molecule has 0 unspecified atom stereocenters. The second-order valence-electron chi connectivity index (χ2n) is 6.33. The van der Waals surface area contributed by atoms with Crippen molar-refractivity contribution in [2.24, 2.45) is 5.92 Å². The molecule has 0 spiro atoms. The second-order valence-corrected chi connectivity index (χ2v) is 6.33. The fourth-order valence-corrected chi connectivity index (χ4v) is 2.95. The van der Waals surface area contributed by atoms with Gasteiger partial charge in [0.25, 0.3) is 0 Å². The number of rotatable bonds is 6. The van der Waals surface area contributed by atoms with Gasteiger partial charge < -0.3 is 14.7 Å². The molecule has 0 aromatic carbocycles. The van der Waals surface area contributed by atoms with Crippen molar-refractivity contribution in [3.8, 4) is 11.6 Å². The van der Waals surface area contributed by atoms with Crippen LogP contribution in [-0.2, 0) is 22.7 Å². The van der Waals surface area contributed by atoms with Crippen LogP contribution < -0.4 is 5.32 Å². The number of nitrogens with one attached hydrogen (secondary N) is 1. The fourth-order valence-electron chi connectivity index (χ4n) is 2.95. The van der Waals surface area contributed by atoms with E-state index in [0.29, 0.717) is 18.9 Å².